The molecular weight excluding hydrogens is 436 g/mol. The van der Waals surface area contributed by atoms with Crippen LogP contribution in [0.25, 0.3) is 11.1 Å². The van der Waals surface area contributed by atoms with Crippen LogP contribution >= 0.6 is 0 Å². The smallest absolute Gasteiger partial charge is 0.184 e. The van der Waals surface area contributed by atoms with Gasteiger partial charge in [-0.05, 0) is 91.2 Å². The number of aromatic hydroxyl groups is 1. The molecule has 0 bridgehead atoms. The van der Waals surface area contributed by atoms with Gasteiger partial charge in [0.25, 0.3) is 0 Å². The number of ether oxygens (including phenoxy) is 2. The van der Waals surface area contributed by atoms with Crippen LogP contribution in [-0.2, 0) is 25.7 Å². The van der Waals surface area contributed by atoms with E-state index in [1.54, 1.807) is 14.2 Å². The molecule has 0 aromatic heterocycles. The van der Waals surface area contributed by atoms with Crippen LogP contribution in [0.2, 0.25) is 0 Å². The molecule has 0 aliphatic heterocycles. The van der Waals surface area contributed by atoms with E-state index in [2.05, 4.69) is 49.2 Å². The highest BCUT2D eigenvalue weighted by Crippen LogP contribution is 2.47. The minimum absolute atomic E-state index is 0.286. The highest BCUT2D eigenvalue weighted by molar-refractivity contribution is 5.85. The lowest BCUT2D eigenvalue weighted by molar-refractivity contribution is 0.356. The summed E-state index contributed by atoms with van der Waals surface area (Å²) in [6.45, 7) is 4.27. The van der Waals surface area contributed by atoms with Gasteiger partial charge in [0.2, 0.25) is 0 Å². The first-order valence-corrected chi connectivity index (χ1v) is 12.6. The number of nitrogens with two attached hydrogens (primary N) is 1. The summed E-state index contributed by atoms with van der Waals surface area (Å²) < 4.78 is 11.3. The third kappa shape index (κ3) is 5.25. The van der Waals surface area contributed by atoms with Gasteiger partial charge in [0.15, 0.2) is 11.5 Å². The number of rotatable bonds is 9. The molecule has 0 radical (unpaired) electrons. The van der Waals surface area contributed by atoms with E-state index in [0.29, 0.717) is 23.6 Å². The standard InChI is InChI=1S/C30H38N2O3/c1-5-32(2)17-16-20-10-12-21(13-11-20)18-25-24(19-27(34-3)30(35-4)29(25)31)28-23-9-7-6-8-22(23)14-15-26(28)33/h10-15,19,33H,5-9,16-18,31H2,1-4H3. The molecule has 3 aromatic carbocycles. The van der Waals surface area contributed by atoms with Crippen molar-refractivity contribution in [3.05, 3.63) is 70.3 Å². The molecule has 0 amide bonds. The molecule has 3 N–H and O–H groups in total. The summed E-state index contributed by atoms with van der Waals surface area (Å²) in [6.07, 6.45) is 5.95. The molecule has 0 fully saturated rings. The number of anilines is 1. The van der Waals surface area contributed by atoms with Gasteiger partial charge < -0.3 is 25.2 Å². The van der Waals surface area contributed by atoms with Crippen molar-refractivity contribution in [3.63, 3.8) is 0 Å². The van der Waals surface area contributed by atoms with E-state index in [1.165, 1.54) is 28.7 Å². The maximum Gasteiger partial charge on any atom is 0.184 e. The van der Waals surface area contributed by atoms with Crippen LogP contribution in [0.4, 0.5) is 5.69 Å². The van der Waals surface area contributed by atoms with Crippen molar-refractivity contribution in [1.82, 2.24) is 4.90 Å². The lowest BCUT2D eigenvalue weighted by Crippen LogP contribution is -2.20. The second-order valence-corrected chi connectivity index (χ2v) is 9.50. The van der Waals surface area contributed by atoms with Crippen LogP contribution in [0, 0.1) is 0 Å². The number of hydrogen-bond acceptors (Lipinski definition) is 5. The fraction of sp³-hybridized carbons (Fsp3) is 0.400. The van der Waals surface area contributed by atoms with Gasteiger partial charge in [-0.15, -0.1) is 0 Å². The molecule has 5 heteroatoms. The van der Waals surface area contributed by atoms with Crippen molar-refractivity contribution in [2.24, 2.45) is 0 Å². The van der Waals surface area contributed by atoms with E-state index in [1.807, 2.05) is 12.1 Å². The summed E-state index contributed by atoms with van der Waals surface area (Å²) in [4.78, 5) is 2.32. The average Bonchev–Trinajstić information content (AvgIpc) is 2.89. The first kappa shape index (κ1) is 24.9. The Balaban J connectivity index is 1.78. The van der Waals surface area contributed by atoms with Crippen molar-refractivity contribution in [3.8, 4) is 28.4 Å². The van der Waals surface area contributed by atoms with Crippen molar-refractivity contribution < 1.29 is 14.6 Å². The molecule has 0 saturated heterocycles. The van der Waals surface area contributed by atoms with Crippen LogP contribution in [-0.4, -0.2) is 44.4 Å². The van der Waals surface area contributed by atoms with E-state index in [4.69, 9.17) is 15.2 Å². The van der Waals surface area contributed by atoms with E-state index < -0.39 is 0 Å². The number of nitrogens with zero attached hydrogens (tertiary/aromatic N) is 1. The molecule has 5 nitrogen and oxygen atoms in total. The summed E-state index contributed by atoms with van der Waals surface area (Å²) in [5.41, 5.74) is 15.1. The summed E-state index contributed by atoms with van der Waals surface area (Å²) in [6, 6.07) is 14.6. The minimum atomic E-state index is 0.286. The zero-order chi connectivity index (χ0) is 24.9. The number of fused-ring (bicyclic) bond motifs is 1. The number of benzene rings is 3. The SMILES string of the molecule is CCN(C)CCc1ccc(Cc2c(-c3c(O)ccc4c3CCCC4)cc(OC)c(OC)c2N)cc1. The Labute approximate surface area is 209 Å². The predicted octanol–water partition coefficient (Wildman–Crippen LogP) is 5.62. The van der Waals surface area contributed by atoms with E-state index >= 15 is 0 Å². The first-order chi connectivity index (χ1) is 17.0. The molecule has 0 heterocycles. The number of phenolic OH excluding ortho intramolecular Hbond substituents is 1. The quantitative estimate of drug-likeness (QED) is 0.394. The van der Waals surface area contributed by atoms with Crippen LogP contribution in [0.1, 0.15) is 47.6 Å². The lowest BCUT2D eigenvalue weighted by Gasteiger charge is -2.24. The highest BCUT2D eigenvalue weighted by atomic mass is 16.5. The highest BCUT2D eigenvalue weighted by Gasteiger charge is 2.24. The van der Waals surface area contributed by atoms with Gasteiger partial charge in [-0.3, -0.25) is 0 Å². The Bertz CT molecular complexity index is 1170. The molecule has 35 heavy (non-hydrogen) atoms. The first-order valence-electron chi connectivity index (χ1n) is 12.6. The van der Waals surface area contributed by atoms with Crippen molar-refractivity contribution in [2.45, 2.75) is 45.4 Å². The zero-order valence-electron chi connectivity index (χ0n) is 21.5. The van der Waals surface area contributed by atoms with Crippen molar-refractivity contribution in [2.75, 3.05) is 40.1 Å². The Morgan fingerprint density at radius 1 is 0.971 bits per heavy atom. The number of aryl methyl sites for hydroxylation is 1. The number of methoxy groups -OCH3 is 2. The molecule has 0 spiro atoms. The molecule has 1 aliphatic carbocycles. The molecule has 4 rings (SSSR count). The number of nitrogen functional groups attached to an aromatic ring is 1. The molecule has 0 saturated carbocycles. The fourth-order valence-electron chi connectivity index (χ4n) is 5.10. The number of hydrogen-bond donors (Lipinski definition) is 2. The maximum absolute atomic E-state index is 11.0. The molecule has 186 valence electrons. The van der Waals surface area contributed by atoms with E-state index in [0.717, 1.165) is 55.5 Å². The van der Waals surface area contributed by atoms with Gasteiger partial charge in [-0.2, -0.15) is 0 Å². The number of phenols is 1. The average molecular weight is 475 g/mol. The second-order valence-electron chi connectivity index (χ2n) is 9.50. The molecule has 0 unspecified atom stereocenters. The second kappa shape index (κ2) is 11.0. The van der Waals surface area contributed by atoms with Crippen LogP contribution in [0.15, 0.2) is 42.5 Å². The molecule has 3 aromatic rings. The summed E-state index contributed by atoms with van der Waals surface area (Å²) in [5.74, 6) is 1.40. The normalized spacial score (nSPS) is 13.1. The summed E-state index contributed by atoms with van der Waals surface area (Å²) >= 11 is 0. The van der Waals surface area contributed by atoms with E-state index in [9.17, 15) is 5.11 Å². The Morgan fingerprint density at radius 2 is 1.69 bits per heavy atom. The third-order valence-corrected chi connectivity index (χ3v) is 7.32. The van der Waals surface area contributed by atoms with Gasteiger partial charge in [0.1, 0.15) is 5.75 Å². The number of likely N-dealkylation sites (N-methyl/N-ethyl adjacent to an activating group) is 1. The van der Waals surface area contributed by atoms with Crippen molar-refractivity contribution >= 4 is 5.69 Å². The zero-order valence-corrected chi connectivity index (χ0v) is 21.5. The third-order valence-electron chi connectivity index (χ3n) is 7.32. The van der Waals surface area contributed by atoms with Gasteiger partial charge in [0.05, 0.1) is 19.9 Å². The van der Waals surface area contributed by atoms with Crippen LogP contribution < -0.4 is 15.2 Å². The topological polar surface area (TPSA) is 68.0 Å². The summed E-state index contributed by atoms with van der Waals surface area (Å²) in [7, 11) is 5.38. The molecular formula is C30H38N2O3. The van der Waals surface area contributed by atoms with Gasteiger partial charge in [-0.1, -0.05) is 37.3 Å². The largest absolute Gasteiger partial charge is 0.507 e. The summed E-state index contributed by atoms with van der Waals surface area (Å²) in [5, 5.41) is 11.0. The van der Waals surface area contributed by atoms with Crippen LogP contribution in [0.5, 0.6) is 17.2 Å². The lowest BCUT2D eigenvalue weighted by atomic mass is 9.82. The van der Waals surface area contributed by atoms with Gasteiger partial charge in [-0.25, -0.2) is 0 Å². The van der Waals surface area contributed by atoms with E-state index in [-0.39, 0.29) is 5.75 Å². The Morgan fingerprint density at radius 3 is 2.37 bits per heavy atom. The van der Waals surface area contributed by atoms with Crippen molar-refractivity contribution in [1.29, 1.82) is 0 Å². The van der Waals surface area contributed by atoms with Crippen LogP contribution in [0.3, 0.4) is 0 Å². The Hall–Kier alpha value is -3.18. The Kier molecular flexibility index (Phi) is 7.86. The van der Waals surface area contributed by atoms with Gasteiger partial charge in [0, 0.05) is 18.5 Å². The minimum Gasteiger partial charge on any atom is -0.507 e. The monoisotopic (exact) mass is 474 g/mol. The molecule has 1 aliphatic rings. The predicted molar refractivity (Wildman–Crippen MR) is 144 cm³/mol. The van der Waals surface area contributed by atoms with Gasteiger partial charge >= 0.3 is 0 Å². The molecule has 0 atom stereocenters. The fourth-order valence-corrected chi connectivity index (χ4v) is 5.10. The maximum atomic E-state index is 11.0.